The van der Waals surface area contributed by atoms with Gasteiger partial charge in [0.15, 0.2) is 0 Å². The molecule has 0 bridgehead atoms. The van der Waals surface area contributed by atoms with Crippen molar-refractivity contribution in [2.45, 2.75) is 42.5 Å². The fourth-order valence-electron chi connectivity index (χ4n) is 2.46. The van der Waals surface area contributed by atoms with Crippen LogP contribution in [0.4, 0.5) is 0 Å². The molecule has 1 aromatic rings. The maximum absolute atomic E-state index is 12.6. The quantitative estimate of drug-likeness (QED) is 0.932. The van der Waals surface area contributed by atoms with Crippen LogP contribution in [0.3, 0.4) is 0 Å². The minimum atomic E-state index is -3.46. The van der Waals surface area contributed by atoms with E-state index in [-0.39, 0.29) is 12.1 Å². The number of hydrogen-bond acceptors (Lipinski definition) is 4. The zero-order valence-corrected chi connectivity index (χ0v) is 12.6. The number of nitrogens with zero attached hydrogens (tertiary/aromatic N) is 1. The van der Waals surface area contributed by atoms with Crippen LogP contribution in [0.5, 0.6) is 0 Å². The number of nitrogens with two attached hydrogens (primary N) is 1. The summed E-state index contributed by atoms with van der Waals surface area (Å²) in [5.74, 6) is 0. The predicted octanol–water partition coefficient (Wildman–Crippen LogP) is 2.29. The van der Waals surface area contributed by atoms with E-state index in [9.17, 15) is 8.42 Å². The van der Waals surface area contributed by atoms with E-state index in [4.69, 9.17) is 17.3 Å². The van der Waals surface area contributed by atoms with Crippen molar-refractivity contribution in [2.24, 2.45) is 5.73 Å². The van der Waals surface area contributed by atoms with Crippen LogP contribution < -0.4 is 5.73 Å². The van der Waals surface area contributed by atoms with Crippen LogP contribution in [-0.2, 0) is 10.0 Å². The topological polar surface area (TPSA) is 63.4 Å². The number of sulfonamides is 1. The third-order valence-corrected chi connectivity index (χ3v) is 7.07. The second kappa shape index (κ2) is 5.46. The van der Waals surface area contributed by atoms with Gasteiger partial charge in [0.25, 0.3) is 10.0 Å². The highest BCUT2D eigenvalue weighted by atomic mass is 35.5. The van der Waals surface area contributed by atoms with Gasteiger partial charge < -0.3 is 5.73 Å². The molecule has 2 N–H and O–H groups in total. The highest BCUT2D eigenvalue weighted by Crippen LogP contribution is 2.33. The summed E-state index contributed by atoms with van der Waals surface area (Å²) in [7, 11) is -3.46. The Kier molecular flexibility index (Phi) is 4.33. The molecular weight excluding hydrogens is 292 g/mol. The summed E-state index contributed by atoms with van der Waals surface area (Å²) in [6.07, 6.45) is 2.74. The highest BCUT2D eigenvalue weighted by Gasteiger charge is 2.37. The van der Waals surface area contributed by atoms with Crippen molar-refractivity contribution in [3.05, 3.63) is 16.5 Å². The number of hydrogen-bond donors (Lipinski definition) is 1. The third kappa shape index (κ3) is 2.58. The van der Waals surface area contributed by atoms with Gasteiger partial charge in [0, 0.05) is 18.6 Å². The summed E-state index contributed by atoms with van der Waals surface area (Å²) in [6, 6.07) is 3.08. The Morgan fingerprint density at radius 1 is 1.50 bits per heavy atom. The molecule has 0 amide bonds. The Labute approximate surface area is 117 Å². The average molecular weight is 309 g/mol. The van der Waals surface area contributed by atoms with Gasteiger partial charge in [-0.1, -0.05) is 18.0 Å². The molecule has 0 aliphatic carbocycles. The number of piperidine rings is 1. The lowest BCUT2D eigenvalue weighted by molar-refractivity contribution is 0.196. The van der Waals surface area contributed by atoms with Crippen LogP contribution in [-0.4, -0.2) is 31.4 Å². The molecule has 102 valence electrons. The maximum Gasteiger partial charge on any atom is 0.253 e. The molecule has 0 spiro atoms. The van der Waals surface area contributed by atoms with Gasteiger partial charge in [-0.05, 0) is 31.9 Å². The molecule has 4 nitrogen and oxygen atoms in total. The lowest BCUT2D eigenvalue weighted by Gasteiger charge is -2.38. The van der Waals surface area contributed by atoms with E-state index in [1.54, 1.807) is 16.4 Å². The van der Waals surface area contributed by atoms with Crippen molar-refractivity contribution in [3.8, 4) is 0 Å². The van der Waals surface area contributed by atoms with Gasteiger partial charge in [-0.15, -0.1) is 11.3 Å². The van der Waals surface area contributed by atoms with Crippen LogP contribution in [0.25, 0.3) is 0 Å². The zero-order valence-electron chi connectivity index (χ0n) is 10.2. The van der Waals surface area contributed by atoms with Crippen molar-refractivity contribution in [1.29, 1.82) is 0 Å². The first-order valence-electron chi connectivity index (χ1n) is 5.95. The summed E-state index contributed by atoms with van der Waals surface area (Å²) < 4.78 is 27.6. The van der Waals surface area contributed by atoms with Crippen molar-refractivity contribution < 1.29 is 8.42 Å². The first-order valence-corrected chi connectivity index (χ1v) is 8.59. The molecular formula is C11H17ClN2O2S2. The van der Waals surface area contributed by atoms with E-state index < -0.39 is 10.0 Å². The largest absolute Gasteiger partial charge is 0.329 e. The van der Waals surface area contributed by atoms with E-state index in [1.807, 2.05) is 6.92 Å². The Bertz CT molecular complexity index is 515. The lowest BCUT2D eigenvalue weighted by atomic mass is 10.00. The van der Waals surface area contributed by atoms with Gasteiger partial charge in [-0.2, -0.15) is 4.31 Å². The molecule has 2 unspecified atom stereocenters. The minimum absolute atomic E-state index is 0.00169. The standard InChI is InChI=1S/C11H17ClN2O2S2/c1-8-3-2-4-9(7-13)14(8)18(15,16)11-6-5-10(12)17-11/h5-6,8-9H,2-4,7,13H2,1H3. The Morgan fingerprint density at radius 2 is 2.22 bits per heavy atom. The zero-order chi connectivity index (χ0) is 13.3. The van der Waals surface area contributed by atoms with Gasteiger partial charge >= 0.3 is 0 Å². The number of halogens is 1. The normalized spacial score (nSPS) is 26.4. The first kappa shape index (κ1) is 14.3. The maximum atomic E-state index is 12.6. The van der Waals surface area contributed by atoms with Gasteiger partial charge in [0.05, 0.1) is 4.34 Å². The molecule has 0 aromatic carbocycles. The minimum Gasteiger partial charge on any atom is -0.329 e. The van der Waals surface area contributed by atoms with E-state index in [0.29, 0.717) is 15.1 Å². The summed E-state index contributed by atoms with van der Waals surface area (Å²) in [6.45, 7) is 2.30. The fourth-order valence-corrected chi connectivity index (χ4v) is 5.93. The molecule has 0 saturated carbocycles. The number of rotatable bonds is 3. The average Bonchev–Trinajstić information content (AvgIpc) is 2.75. The van der Waals surface area contributed by atoms with Gasteiger partial charge in [0.1, 0.15) is 4.21 Å². The Morgan fingerprint density at radius 3 is 2.78 bits per heavy atom. The molecule has 1 aliphatic rings. The number of thiophene rings is 1. The second-order valence-corrected chi connectivity index (χ2v) is 8.35. The monoisotopic (exact) mass is 308 g/mol. The highest BCUT2D eigenvalue weighted by molar-refractivity contribution is 7.91. The van der Waals surface area contributed by atoms with Crippen molar-refractivity contribution in [2.75, 3.05) is 6.54 Å². The molecule has 1 aliphatic heterocycles. The van der Waals surface area contributed by atoms with E-state index in [0.717, 1.165) is 30.6 Å². The van der Waals surface area contributed by atoms with Crippen LogP contribution in [0.2, 0.25) is 4.34 Å². The molecule has 18 heavy (non-hydrogen) atoms. The first-order chi connectivity index (χ1) is 8.46. The van der Waals surface area contributed by atoms with E-state index in [2.05, 4.69) is 0 Å². The molecule has 1 saturated heterocycles. The van der Waals surface area contributed by atoms with Crippen molar-refractivity contribution >= 4 is 33.0 Å². The molecule has 7 heteroatoms. The molecule has 2 heterocycles. The molecule has 0 radical (unpaired) electrons. The molecule has 2 rings (SSSR count). The van der Waals surface area contributed by atoms with Gasteiger partial charge in [0.2, 0.25) is 0 Å². The summed E-state index contributed by atoms with van der Waals surface area (Å²) in [5.41, 5.74) is 5.71. The van der Waals surface area contributed by atoms with E-state index >= 15 is 0 Å². The van der Waals surface area contributed by atoms with Crippen LogP contribution >= 0.6 is 22.9 Å². The van der Waals surface area contributed by atoms with Crippen LogP contribution in [0.15, 0.2) is 16.3 Å². The Balaban J connectivity index is 2.38. The smallest absolute Gasteiger partial charge is 0.253 e. The molecule has 1 aromatic heterocycles. The molecule has 1 fully saturated rings. The van der Waals surface area contributed by atoms with E-state index in [1.165, 1.54) is 0 Å². The lowest BCUT2D eigenvalue weighted by Crippen LogP contribution is -2.51. The van der Waals surface area contributed by atoms with Crippen LogP contribution in [0, 0.1) is 0 Å². The second-order valence-electron chi connectivity index (χ2n) is 4.56. The fraction of sp³-hybridized carbons (Fsp3) is 0.636. The third-order valence-electron chi connectivity index (χ3n) is 3.31. The van der Waals surface area contributed by atoms with Crippen LogP contribution in [0.1, 0.15) is 26.2 Å². The van der Waals surface area contributed by atoms with Crippen molar-refractivity contribution in [1.82, 2.24) is 4.31 Å². The summed E-state index contributed by atoms with van der Waals surface area (Å²) >= 11 is 6.92. The van der Waals surface area contributed by atoms with Gasteiger partial charge in [-0.3, -0.25) is 0 Å². The summed E-state index contributed by atoms with van der Waals surface area (Å²) in [5, 5.41) is 0. The Hall–Kier alpha value is -0.140. The van der Waals surface area contributed by atoms with Gasteiger partial charge in [-0.25, -0.2) is 8.42 Å². The molecule has 2 atom stereocenters. The van der Waals surface area contributed by atoms with Crippen molar-refractivity contribution in [3.63, 3.8) is 0 Å². The predicted molar refractivity (Wildman–Crippen MR) is 74.5 cm³/mol. The summed E-state index contributed by atoms with van der Waals surface area (Å²) in [4.78, 5) is 0. The SMILES string of the molecule is CC1CCCC(CN)N1S(=O)(=O)c1ccc(Cl)s1.